The normalized spacial score (nSPS) is 11.2. The Hall–Kier alpha value is -2.57. The molecular formula is C14H11F3N2O2. The minimum absolute atomic E-state index is 0.286. The van der Waals surface area contributed by atoms with E-state index < -0.39 is 28.9 Å². The van der Waals surface area contributed by atoms with Crippen LogP contribution >= 0.6 is 0 Å². The molecule has 0 saturated carbocycles. The van der Waals surface area contributed by atoms with Crippen molar-refractivity contribution >= 4 is 11.6 Å². The number of aromatic amines is 1. The lowest BCUT2D eigenvalue weighted by atomic mass is 10.1. The van der Waals surface area contributed by atoms with E-state index in [9.17, 15) is 22.8 Å². The standard InChI is InChI=1S/C14H11F3N2O2/c1-8-4-2-3-5-10(8)12(20)19-11-6-9(14(15,16)17)7-18-13(11)21/h2-7H,1H3,(H,18,21)(H,19,20). The quantitative estimate of drug-likeness (QED) is 0.895. The molecule has 0 fully saturated rings. The minimum atomic E-state index is -4.60. The van der Waals surface area contributed by atoms with E-state index in [1.165, 1.54) is 6.07 Å². The number of anilines is 1. The van der Waals surface area contributed by atoms with Crippen molar-refractivity contribution in [3.63, 3.8) is 0 Å². The van der Waals surface area contributed by atoms with Crippen LogP contribution in [0.2, 0.25) is 0 Å². The van der Waals surface area contributed by atoms with Gasteiger partial charge in [0.15, 0.2) is 0 Å². The highest BCUT2D eigenvalue weighted by atomic mass is 19.4. The molecule has 0 unspecified atom stereocenters. The second-order valence-corrected chi connectivity index (χ2v) is 4.40. The number of alkyl halides is 3. The molecule has 110 valence electrons. The van der Waals surface area contributed by atoms with E-state index in [0.29, 0.717) is 17.8 Å². The zero-order valence-corrected chi connectivity index (χ0v) is 10.9. The molecule has 0 aliphatic carbocycles. The Balaban J connectivity index is 2.34. The molecular weight excluding hydrogens is 285 g/mol. The monoisotopic (exact) mass is 296 g/mol. The Morgan fingerprint density at radius 3 is 2.52 bits per heavy atom. The van der Waals surface area contributed by atoms with Gasteiger partial charge >= 0.3 is 6.18 Å². The lowest BCUT2D eigenvalue weighted by Crippen LogP contribution is -2.22. The average Bonchev–Trinajstić information content (AvgIpc) is 2.40. The van der Waals surface area contributed by atoms with E-state index >= 15 is 0 Å². The van der Waals surface area contributed by atoms with Gasteiger partial charge in [-0.25, -0.2) is 0 Å². The van der Waals surface area contributed by atoms with Crippen LogP contribution in [0.5, 0.6) is 0 Å². The van der Waals surface area contributed by atoms with E-state index in [0.717, 1.165) is 0 Å². The molecule has 2 rings (SSSR count). The molecule has 0 bridgehead atoms. The molecule has 1 aromatic carbocycles. The molecule has 1 amide bonds. The average molecular weight is 296 g/mol. The molecule has 0 spiro atoms. The fraction of sp³-hybridized carbons (Fsp3) is 0.143. The van der Waals surface area contributed by atoms with Crippen LogP contribution in [-0.4, -0.2) is 10.9 Å². The van der Waals surface area contributed by atoms with Crippen molar-refractivity contribution in [2.24, 2.45) is 0 Å². The van der Waals surface area contributed by atoms with Gasteiger partial charge in [-0.2, -0.15) is 13.2 Å². The Bertz CT molecular complexity index is 735. The molecule has 4 nitrogen and oxygen atoms in total. The van der Waals surface area contributed by atoms with Gasteiger partial charge in [0.1, 0.15) is 5.69 Å². The first kappa shape index (κ1) is 14.8. The van der Waals surface area contributed by atoms with Gasteiger partial charge in [0.25, 0.3) is 11.5 Å². The number of aromatic nitrogens is 1. The van der Waals surface area contributed by atoms with Crippen LogP contribution in [0.4, 0.5) is 18.9 Å². The van der Waals surface area contributed by atoms with Gasteiger partial charge in [0.2, 0.25) is 0 Å². The smallest absolute Gasteiger partial charge is 0.327 e. The molecule has 1 heterocycles. The van der Waals surface area contributed by atoms with Gasteiger partial charge in [0, 0.05) is 11.8 Å². The molecule has 0 saturated heterocycles. The molecule has 1 aromatic heterocycles. The number of hydrogen-bond donors (Lipinski definition) is 2. The molecule has 0 radical (unpaired) electrons. The van der Waals surface area contributed by atoms with Crippen molar-refractivity contribution in [2.45, 2.75) is 13.1 Å². The van der Waals surface area contributed by atoms with E-state index in [1.54, 1.807) is 25.1 Å². The molecule has 21 heavy (non-hydrogen) atoms. The molecule has 0 aliphatic rings. The maximum atomic E-state index is 12.6. The summed E-state index contributed by atoms with van der Waals surface area (Å²) in [5.74, 6) is -0.641. The summed E-state index contributed by atoms with van der Waals surface area (Å²) in [7, 11) is 0. The Morgan fingerprint density at radius 1 is 1.24 bits per heavy atom. The van der Waals surface area contributed by atoms with Crippen molar-refractivity contribution < 1.29 is 18.0 Å². The summed E-state index contributed by atoms with van der Waals surface area (Å²) in [5, 5.41) is 2.20. The van der Waals surface area contributed by atoms with Crippen LogP contribution in [0.1, 0.15) is 21.5 Å². The van der Waals surface area contributed by atoms with Crippen LogP contribution in [-0.2, 0) is 6.18 Å². The van der Waals surface area contributed by atoms with E-state index in [2.05, 4.69) is 5.32 Å². The number of nitrogens with one attached hydrogen (secondary N) is 2. The largest absolute Gasteiger partial charge is 0.417 e. The zero-order valence-electron chi connectivity index (χ0n) is 10.9. The second kappa shape index (κ2) is 5.43. The molecule has 2 aromatic rings. The van der Waals surface area contributed by atoms with Crippen molar-refractivity contribution in [3.05, 3.63) is 63.6 Å². The number of carbonyl (C=O) groups excluding carboxylic acids is 1. The van der Waals surface area contributed by atoms with Gasteiger partial charge in [-0.15, -0.1) is 0 Å². The lowest BCUT2D eigenvalue weighted by molar-refractivity contribution is -0.137. The minimum Gasteiger partial charge on any atom is -0.327 e. The van der Waals surface area contributed by atoms with E-state index in [-0.39, 0.29) is 5.56 Å². The van der Waals surface area contributed by atoms with Gasteiger partial charge < -0.3 is 10.3 Å². The summed E-state index contributed by atoms with van der Waals surface area (Å²) in [4.78, 5) is 25.5. The number of hydrogen-bond acceptors (Lipinski definition) is 2. The molecule has 2 N–H and O–H groups in total. The van der Waals surface area contributed by atoms with Crippen LogP contribution in [0, 0.1) is 6.92 Å². The number of pyridine rings is 1. The van der Waals surface area contributed by atoms with Gasteiger partial charge in [-0.3, -0.25) is 9.59 Å². The number of amides is 1. The number of rotatable bonds is 2. The number of halogens is 3. The molecule has 0 aliphatic heterocycles. The predicted molar refractivity (Wildman–Crippen MR) is 71.2 cm³/mol. The van der Waals surface area contributed by atoms with Crippen LogP contribution in [0.3, 0.4) is 0 Å². The van der Waals surface area contributed by atoms with Gasteiger partial charge in [-0.05, 0) is 24.6 Å². The highest BCUT2D eigenvalue weighted by molar-refractivity contribution is 6.05. The number of H-pyrrole nitrogens is 1. The van der Waals surface area contributed by atoms with Gasteiger partial charge in [0.05, 0.1) is 5.56 Å². The van der Waals surface area contributed by atoms with Gasteiger partial charge in [-0.1, -0.05) is 18.2 Å². The topological polar surface area (TPSA) is 62.0 Å². The summed E-state index contributed by atoms with van der Waals surface area (Å²) in [6, 6.07) is 7.16. The van der Waals surface area contributed by atoms with Crippen molar-refractivity contribution in [1.82, 2.24) is 4.98 Å². The number of benzene rings is 1. The maximum Gasteiger partial charge on any atom is 0.417 e. The first-order valence-corrected chi connectivity index (χ1v) is 5.96. The molecule has 7 heteroatoms. The number of carbonyl (C=O) groups is 1. The predicted octanol–water partition coefficient (Wildman–Crippen LogP) is 2.95. The van der Waals surface area contributed by atoms with Crippen LogP contribution in [0.25, 0.3) is 0 Å². The Kier molecular flexibility index (Phi) is 3.84. The summed E-state index contributed by atoms with van der Waals surface area (Å²) in [6.07, 6.45) is -4.04. The zero-order chi connectivity index (χ0) is 15.6. The summed E-state index contributed by atoms with van der Waals surface area (Å²) in [6.45, 7) is 1.69. The summed E-state index contributed by atoms with van der Waals surface area (Å²) < 4.78 is 37.8. The van der Waals surface area contributed by atoms with E-state index in [4.69, 9.17) is 0 Å². The maximum absolute atomic E-state index is 12.6. The van der Waals surface area contributed by atoms with Crippen LogP contribution in [0.15, 0.2) is 41.3 Å². The third-order valence-corrected chi connectivity index (χ3v) is 2.87. The first-order valence-electron chi connectivity index (χ1n) is 5.96. The first-order chi connectivity index (χ1) is 9.79. The Morgan fingerprint density at radius 2 is 1.90 bits per heavy atom. The summed E-state index contributed by atoms with van der Waals surface area (Å²) in [5.41, 5.74) is -1.35. The van der Waals surface area contributed by atoms with Crippen molar-refractivity contribution in [1.29, 1.82) is 0 Å². The highest BCUT2D eigenvalue weighted by Gasteiger charge is 2.31. The third-order valence-electron chi connectivity index (χ3n) is 2.87. The third kappa shape index (κ3) is 3.31. The number of aryl methyl sites for hydroxylation is 1. The second-order valence-electron chi connectivity index (χ2n) is 4.40. The highest BCUT2D eigenvalue weighted by Crippen LogP contribution is 2.29. The van der Waals surface area contributed by atoms with E-state index in [1.807, 2.05) is 4.98 Å². The van der Waals surface area contributed by atoms with Crippen molar-refractivity contribution in [3.8, 4) is 0 Å². The SMILES string of the molecule is Cc1ccccc1C(=O)Nc1cc(C(F)(F)F)c[nH]c1=O. The summed E-state index contributed by atoms with van der Waals surface area (Å²) >= 11 is 0. The Labute approximate surface area is 117 Å². The fourth-order valence-corrected chi connectivity index (χ4v) is 1.76. The van der Waals surface area contributed by atoms with Crippen molar-refractivity contribution in [2.75, 3.05) is 5.32 Å². The van der Waals surface area contributed by atoms with Crippen LogP contribution < -0.4 is 10.9 Å². The fourth-order valence-electron chi connectivity index (χ4n) is 1.76. The molecule has 0 atom stereocenters. The lowest BCUT2D eigenvalue weighted by Gasteiger charge is -2.10.